The molecule has 4 heteroatoms. The van der Waals surface area contributed by atoms with Crippen LogP contribution in [0.3, 0.4) is 0 Å². The lowest BCUT2D eigenvalue weighted by atomic mass is 9.97. The SMILES string of the molecule is CCNC1CCN(c2cc(OC)ccc2Br)C(C)C1. The van der Waals surface area contributed by atoms with Gasteiger partial charge < -0.3 is 15.0 Å². The van der Waals surface area contributed by atoms with Crippen molar-refractivity contribution in [2.75, 3.05) is 25.1 Å². The minimum atomic E-state index is 0.543. The van der Waals surface area contributed by atoms with Gasteiger partial charge in [0.25, 0.3) is 0 Å². The molecule has 2 rings (SSSR count). The Balaban J connectivity index is 2.14. The second-order valence-electron chi connectivity index (χ2n) is 5.14. The van der Waals surface area contributed by atoms with Crippen LogP contribution in [0.1, 0.15) is 26.7 Å². The predicted molar refractivity (Wildman–Crippen MR) is 84.2 cm³/mol. The summed E-state index contributed by atoms with van der Waals surface area (Å²) in [5.74, 6) is 0.916. The van der Waals surface area contributed by atoms with Gasteiger partial charge in [0.15, 0.2) is 0 Å². The van der Waals surface area contributed by atoms with E-state index in [1.807, 2.05) is 6.07 Å². The molecule has 1 aliphatic rings. The molecule has 0 bridgehead atoms. The third-order valence-corrected chi connectivity index (χ3v) is 4.50. The molecule has 0 saturated carbocycles. The van der Waals surface area contributed by atoms with Crippen LogP contribution in [0, 0.1) is 0 Å². The molecule has 106 valence electrons. The molecule has 1 aromatic carbocycles. The van der Waals surface area contributed by atoms with Gasteiger partial charge in [0, 0.05) is 29.2 Å². The minimum Gasteiger partial charge on any atom is -0.497 e. The Hall–Kier alpha value is -0.740. The average Bonchev–Trinajstić information content (AvgIpc) is 2.40. The molecule has 1 aliphatic heterocycles. The van der Waals surface area contributed by atoms with E-state index >= 15 is 0 Å². The lowest BCUT2D eigenvalue weighted by Crippen LogP contribution is -2.47. The van der Waals surface area contributed by atoms with Crippen LogP contribution in [0.4, 0.5) is 5.69 Å². The number of halogens is 1. The van der Waals surface area contributed by atoms with Crippen molar-refractivity contribution in [3.05, 3.63) is 22.7 Å². The first-order valence-electron chi connectivity index (χ1n) is 6.99. The first-order valence-corrected chi connectivity index (χ1v) is 7.78. The Morgan fingerprint density at radius 2 is 2.26 bits per heavy atom. The normalized spacial score (nSPS) is 23.5. The van der Waals surface area contributed by atoms with Gasteiger partial charge in [0.1, 0.15) is 5.75 Å². The van der Waals surface area contributed by atoms with Crippen LogP contribution in [0.15, 0.2) is 22.7 Å². The van der Waals surface area contributed by atoms with E-state index in [0.717, 1.165) is 23.3 Å². The number of ether oxygens (including phenoxy) is 1. The van der Waals surface area contributed by atoms with E-state index in [4.69, 9.17) is 4.74 Å². The van der Waals surface area contributed by atoms with Gasteiger partial charge in [0.05, 0.1) is 12.8 Å². The first-order chi connectivity index (χ1) is 9.15. The number of piperidine rings is 1. The molecule has 0 aliphatic carbocycles. The van der Waals surface area contributed by atoms with Gasteiger partial charge in [0.2, 0.25) is 0 Å². The van der Waals surface area contributed by atoms with E-state index in [0.29, 0.717) is 12.1 Å². The van der Waals surface area contributed by atoms with E-state index in [1.54, 1.807) is 7.11 Å². The van der Waals surface area contributed by atoms with Gasteiger partial charge in [-0.25, -0.2) is 0 Å². The molecule has 19 heavy (non-hydrogen) atoms. The molecule has 1 N–H and O–H groups in total. The summed E-state index contributed by atoms with van der Waals surface area (Å²) >= 11 is 3.66. The van der Waals surface area contributed by atoms with Crippen molar-refractivity contribution in [2.24, 2.45) is 0 Å². The zero-order chi connectivity index (χ0) is 13.8. The summed E-state index contributed by atoms with van der Waals surface area (Å²) in [6.07, 6.45) is 2.39. The third kappa shape index (κ3) is 3.42. The third-order valence-electron chi connectivity index (χ3n) is 3.83. The number of nitrogens with zero attached hydrogens (tertiary/aromatic N) is 1. The van der Waals surface area contributed by atoms with Crippen LogP contribution >= 0.6 is 15.9 Å². The fourth-order valence-corrected chi connectivity index (χ4v) is 3.32. The highest BCUT2D eigenvalue weighted by Gasteiger charge is 2.26. The van der Waals surface area contributed by atoms with Gasteiger partial charge >= 0.3 is 0 Å². The van der Waals surface area contributed by atoms with E-state index < -0.39 is 0 Å². The molecular weight excluding hydrogens is 304 g/mol. The lowest BCUT2D eigenvalue weighted by Gasteiger charge is -2.40. The molecule has 0 spiro atoms. The number of rotatable bonds is 4. The maximum atomic E-state index is 5.34. The van der Waals surface area contributed by atoms with Crippen molar-refractivity contribution in [3.63, 3.8) is 0 Å². The number of hydrogen-bond donors (Lipinski definition) is 1. The highest BCUT2D eigenvalue weighted by Crippen LogP contribution is 2.34. The Morgan fingerprint density at radius 1 is 1.47 bits per heavy atom. The van der Waals surface area contributed by atoms with Crippen molar-refractivity contribution in [1.82, 2.24) is 5.32 Å². The topological polar surface area (TPSA) is 24.5 Å². The van der Waals surface area contributed by atoms with E-state index in [2.05, 4.69) is 52.1 Å². The van der Waals surface area contributed by atoms with Gasteiger partial charge in [-0.1, -0.05) is 6.92 Å². The summed E-state index contributed by atoms with van der Waals surface area (Å²) < 4.78 is 6.48. The van der Waals surface area contributed by atoms with Crippen molar-refractivity contribution >= 4 is 21.6 Å². The van der Waals surface area contributed by atoms with Gasteiger partial charge in [-0.05, 0) is 54.4 Å². The van der Waals surface area contributed by atoms with Crippen LogP contribution in [0.2, 0.25) is 0 Å². The van der Waals surface area contributed by atoms with Crippen LogP contribution < -0.4 is 15.0 Å². The summed E-state index contributed by atoms with van der Waals surface area (Å²) in [4.78, 5) is 2.47. The summed E-state index contributed by atoms with van der Waals surface area (Å²) in [6, 6.07) is 7.37. The highest BCUT2D eigenvalue weighted by atomic mass is 79.9. The zero-order valence-electron chi connectivity index (χ0n) is 11.9. The monoisotopic (exact) mass is 326 g/mol. The van der Waals surface area contributed by atoms with Gasteiger partial charge in [-0.3, -0.25) is 0 Å². The molecule has 2 atom stereocenters. The van der Waals surface area contributed by atoms with E-state index in [9.17, 15) is 0 Å². The summed E-state index contributed by atoms with van der Waals surface area (Å²) in [5, 5.41) is 3.56. The summed E-state index contributed by atoms with van der Waals surface area (Å²) in [7, 11) is 1.72. The Morgan fingerprint density at radius 3 is 2.89 bits per heavy atom. The number of hydrogen-bond acceptors (Lipinski definition) is 3. The number of benzene rings is 1. The molecule has 3 nitrogen and oxygen atoms in total. The van der Waals surface area contributed by atoms with Crippen LogP contribution in [0.25, 0.3) is 0 Å². The molecule has 0 amide bonds. The standard InChI is InChI=1S/C15H23BrN2O/c1-4-17-12-7-8-18(11(2)9-12)15-10-13(19-3)5-6-14(15)16/h5-6,10-12,17H,4,7-9H2,1-3H3. The highest BCUT2D eigenvalue weighted by molar-refractivity contribution is 9.10. The maximum absolute atomic E-state index is 5.34. The lowest BCUT2D eigenvalue weighted by molar-refractivity contribution is 0.373. The number of anilines is 1. The van der Waals surface area contributed by atoms with E-state index in [1.165, 1.54) is 18.5 Å². The number of methoxy groups -OCH3 is 1. The van der Waals surface area contributed by atoms with E-state index in [-0.39, 0.29) is 0 Å². The van der Waals surface area contributed by atoms with Crippen molar-refractivity contribution in [2.45, 2.75) is 38.8 Å². The van der Waals surface area contributed by atoms with Crippen molar-refractivity contribution in [3.8, 4) is 5.75 Å². The molecule has 0 radical (unpaired) electrons. The summed E-state index contributed by atoms with van der Waals surface area (Å²) in [6.45, 7) is 6.62. The van der Waals surface area contributed by atoms with Gasteiger partial charge in [-0.15, -0.1) is 0 Å². The number of nitrogens with one attached hydrogen (secondary N) is 1. The summed E-state index contributed by atoms with van der Waals surface area (Å²) in [5.41, 5.74) is 1.24. The molecule has 0 aromatic heterocycles. The van der Waals surface area contributed by atoms with Crippen LogP contribution in [-0.4, -0.2) is 32.3 Å². The predicted octanol–water partition coefficient (Wildman–Crippen LogP) is 3.42. The smallest absolute Gasteiger partial charge is 0.121 e. The van der Waals surface area contributed by atoms with Gasteiger partial charge in [-0.2, -0.15) is 0 Å². The fraction of sp³-hybridized carbons (Fsp3) is 0.600. The first kappa shape index (κ1) is 14.7. The molecule has 1 aromatic rings. The van der Waals surface area contributed by atoms with Crippen molar-refractivity contribution in [1.29, 1.82) is 0 Å². The quantitative estimate of drug-likeness (QED) is 0.917. The second kappa shape index (κ2) is 6.62. The average molecular weight is 327 g/mol. The minimum absolute atomic E-state index is 0.543. The largest absolute Gasteiger partial charge is 0.497 e. The second-order valence-corrected chi connectivity index (χ2v) is 5.99. The molecular formula is C15H23BrN2O. The Labute approximate surface area is 124 Å². The molecule has 1 heterocycles. The Bertz CT molecular complexity index is 425. The fourth-order valence-electron chi connectivity index (χ4n) is 2.84. The molecule has 1 saturated heterocycles. The van der Waals surface area contributed by atoms with Crippen molar-refractivity contribution < 1.29 is 4.74 Å². The van der Waals surface area contributed by atoms with Crippen LogP contribution in [-0.2, 0) is 0 Å². The van der Waals surface area contributed by atoms with Crippen LogP contribution in [0.5, 0.6) is 5.75 Å². The maximum Gasteiger partial charge on any atom is 0.121 e. The Kier molecular flexibility index (Phi) is 5.11. The zero-order valence-corrected chi connectivity index (χ0v) is 13.5. The molecule has 2 unspecified atom stereocenters. The molecule has 1 fully saturated rings.